The van der Waals surface area contributed by atoms with Crippen LogP contribution in [0.4, 0.5) is 33.4 Å². The van der Waals surface area contributed by atoms with Crippen molar-refractivity contribution in [1.29, 1.82) is 0 Å². The zero-order valence-corrected chi connectivity index (χ0v) is 43.9. The molecule has 4 heteroatoms. The van der Waals surface area contributed by atoms with Crippen LogP contribution in [0, 0.1) is 6.92 Å². The van der Waals surface area contributed by atoms with E-state index in [4.69, 9.17) is 0 Å². The van der Waals surface area contributed by atoms with Gasteiger partial charge in [-0.25, -0.2) is 0 Å². The number of rotatable bonds is 3. The molecule has 6 aromatic carbocycles. The number of benzene rings is 6. The van der Waals surface area contributed by atoms with E-state index in [-0.39, 0.29) is 39.2 Å². The highest BCUT2D eigenvalue weighted by molar-refractivity contribution is 7.26. The molecule has 2 aliphatic carbocycles. The molecule has 0 amide bonds. The third-order valence-electron chi connectivity index (χ3n) is 17.1. The van der Waals surface area contributed by atoms with Gasteiger partial charge in [0.1, 0.15) is 0 Å². The molecule has 3 heterocycles. The summed E-state index contributed by atoms with van der Waals surface area (Å²) in [6, 6.07) is 43.9. The van der Waals surface area contributed by atoms with Crippen molar-refractivity contribution in [2.75, 3.05) is 9.80 Å². The topological polar surface area (TPSA) is 6.48 Å². The van der Waals surface area contributed by atoms with E-state index in [1.807, 2.05) is 11.3 Å². The first kappa shape index (κ1) is 44.5. The first-order chi connectivity index (χ1) is 31.4. The van der Waals surface area contributed by atoms with Crippen molar-refractivity contribution in [3.8, 4) is 11.1 Å². The van der Waals surface area contributed by atoms with Gasteiger partial charge in [0.2, 0.25) is 0 Å². The van der Waals surface area contributed by atoms with Gasteiger partial charge in [-0.15, -0.1) is 11.3 Å². The largest absolute Gasteiger partial charge is 0.311 e. The molecule has 0 unspecified atom stereocenters. The lowest BCUT2D eigenvalue weighted by Gasteiger charge is -2.47. The highest BCUT2D eigenvalue weighted by Crippen LogP contribution is 2.54. The van der Waals surface area contributed by atoms with Gasteiger partial charge in [-0.3, -0.25) is 0 Å². The smallest absolute Gasteiger partial charge is 0.254 e. The van der Waals surface area contributed by atoms with Gasteiger partial charge in [-0.1, -0.05) is 152 Å². The minimum Gasteiger partial charge on any atom is -0.311 e. The summed E-state index contributed by atoms with van der Waals surface area (Å²) in [5.74, 6) is 0. The van der Waals surface area contributed by atoms with Gasteiger partial charge < -0.3 is 9.80 Å². The molecule has 11 rings (SSSR count). The van der Waals surface area contributed by atoms with Crippen molar-refractivity contribution >= 4 is 78.0 Å². The number of hydrogen-bond donors (Lipinski definition) is 0. The van der Waals surface area contributed by atoms with Crippen LogP contribution >= 0.6 is 11.3 Å². The van der Waals surface area contributed by atoms with Crippen molar-refractivity contribution in [1.82, 2.24) is 0 Å². The van der Waals surface area contributed by atoms with E-state index >= 15 is 0 Å². The van der Waals surface area contributed by atoms with Crippen LogP contribution in [-0.4, -0.2) is 6.71 Å². The molecule has 342 valence electrons. The zero-order valence-electron chi connectivity index (χ0n) is 43.1. The third-order valence-corrected chi connectivity index (χ3v) is 18.2. The van der Waals surface area contributed by atoms with Gasteiger partial charge >= 0.3 is 0 Å². The van der Waals surface area contributed by atoms with Gasteiger partial charge in [0.25, 0.3) is 6.71 Å². The van der Waals surface area contributed by atoms with Gasteiger partial charge in [0.05, 0.1) is 5.00 Å². The van der Waals surface area contributed by atoms with Gasteiger partial charge in [0.15, 0.2) is 0 Å². The van der Waals surface area contributed by atoms with E-state index in [2.05, 4.69) is 223 Å². The summed E-state index contributed by atoms with van der Waals surface area (Å²) in [5, 5.41) is 2.78. The lowest BCUT2D eigenvalue weighted by Crippen LogP contribution is -2.61. The number of anilines is 6. The highest BCUT2D eigenvalue weighted by atomic mass is 32.1. The van der Waals surface area contributed by atoms with E-state index in [1.54, 1.807) is 0 Å². The maximum atomic E-state index is 2.71. The third kappa shape index (κ3) is 6.84. The number of aryl methyl sites for hydroxylation is 1. The van der Waals surface area contributed by atoms with Gasteiger partial charge in [0, 0.05) is 33.1 Å². The predicted octanol–water partition coefficient (Wildman–Crippen LogP) is 16.3. The predicted molar refractivity (Wildman–Crippen MR) is 294 cm³/mol. The summed E-state index contributed by atoms with van der Waals surface area (Å²) < 4.78 is 1.40. The number of fused-ring (bicyclic) bond motifs is 8. The van der Waals surface area contributed by atoms with Crippen LogP contribution in [0.25, 0.3) is 21.2 Å². The summed E-state index contributed by atoms with van der Waals surface area (Å²) in [7, 11) is 0. The molecular weight excluding hydrogens is 828 g/mol. The Morgan fingerprint density at radius 2 is 0.955 bits per heavy atom. The standard InChI is InChI=1S/C63H71BN2S/c1-38-18-16-17-19-44(38)39-32-52-56-53(33-39)66(43-26-22-41(23-27-43)59(5,6)7)57-55(45-34-46-49(37-54(45)67-57)63(14,15)31-28-60(46,8)9)64(56)50-35-47-48(62(12,13)30-29-61(47,10)11)36-51(50)65(52)42-24-20-40(21-25-42)58(2,3)4/h16-27,32-37H,28-31H2,1-15H3. The van der Waals surface area contributed by atoms with Crippen LogP contribution in [0.5, 0.6) is 0 Å². The van der Waals surface area contributed by atoms with Gasteiger partial charge in [-0.2, -0.15) is 0 Å². The average molecular weight is 899 g/mol. The molecule has 0 saturated carbocycles. The van der Waals surface area contributed by atoms with E-state index < -0.39 is 0 Å². The Morgan fingerprint density at radius 1 is 0.493 bits per heavy atom. The number of nitrogens with zero attached hydrogens (tertiary/aromatic N) is 2. The van der Waals surface area contributed by atoms with Crippen molar-refractivity contribution in [3.05, 3.63) is 148 Å². The molecule has 0 saturated heterocycles. The van der Waals surface area contributed by atoms with E-state index in [1.165, 1.54) is 136 Å². The Morgan fingerprint density at radius 3 is 1.48 bits per heavy atom. The summed E-state index contributed by atoms with van der Waals surface area (Å²) in [4.78, 5) is 5.35. The van der Waals surface area contributed by atoms with Crippen LogP contribution in [-0.2, 0) is 32.5 Å². The molecule has 67 heavy (non-hydrogen) atoms. The van der Waals surface area contributed by atoms with E-state index in [0.29, 0.717) is 0 Å². The Labute approximate surface area is 406 Å². The minimum absolute atomic E-state index is 0.0359. The second-order valence-electron chi connectivity index (χ2n) is 25.6. The van der Waals surface area contributed by atoms with E-state index in [9.17, 15) is 0 Å². The second kappa shape index (κ2) is 14.5. The fourth-order valence-corrected chi connectivity index (χ4v) is 13.7. The van der Waals surface area contributed by atoms with Crippen LogP contribution in [0.15, 0.2) is 109 Å². The summed E-state index contributed by atoms with van der Waals surface area (Å²) >= 11 is 2.02. The molecule has 0 radical (unpaired) electrons. The van der Waals surface area contributed by atoms with Crippen molar-refractivity contribution in [2.24, 2.45) is 0 Å². The molecule has 1 aromatic heterocycles. The molecule has 0 fully saturated rings. The molecule has 0 atom stereocenters. The molecular formula is C63H71BN2S. The fourth-order valence-electron chi connectivity index (χ4n) is 12.4. The van der Waals surface area contributed by atoms with Gasteiger partial charge in [-0.05, 0) is 192 Å². The van der Waals surface area contributed by atoms with Crippen molar-refractivity contribution in [2.45, 2.75) is 162 Å². The number of thiophene rings is 1. The van der Waals surface area contributed by atoms with Crippen LogP contribution in [0.1, 0.15) is 162 Å². The lowest BCUT2D eigenvalue weighted by atomic mass is 9.33. The summed E-state index contributed by atoms with van der Waals surface area (Å²) in [6.45, 7) is 36.2. The number of hydrogen-bond acceptors (Lipinski definition) is 3. The molecule has 2 aliphatic heterocycles. The van der Waals surface area contributed by atoms with Crippen molar-refractivity contribution < 1.29 is 0 Å². The van der Waals surface area contributed by atoms with Crippen LogP contribution < -0.4 is 26.2 Å². The average Bonchev–Trinajstić information content (AvgIpc) is 3.64. The maximum absolute atomic E-state index is 2.71. The SMILES string of the molecule is Cc1ccccc1-c1cc2c3c(c1)N(c1ccc(C(C)(C)C)cc1)c1sc4cc5c(cc4c1B3c1cc3c(cc1N2c1ccc(C(C)(C)C)cc1)C(C)(C)CCC3(C)C)C(C)(C)CCC5(C)C. The van der Waals surface area contributed by atoms with E-state index in [0.717, 1.165) is 0 Å². The monoisotopic (exact) mass is 899 g/mol. The zero-order chi connectivity index (χ0) is 47.5. The summed E-state index contributed by atoms with van der Waals surface area (Å²) in [6.07, 6.45) is 4.75. The normalized spacial score (nSPS) is 18.5. The Bertz CT molecular complexity index is 3160. The minimum atomic E-state index is 0.0359. The Hall–Kier alpha value is -5.06. The first-order valence-electron chi connectivity index (χ1n) is 25.2. The molecule has 0 N–H and O–H groups in total. The Kier molecular flexibility index (Phi) is 9.61. The molecule has 4 aliphatic rings. The quantitative estimate of drug-likeness (QED) is 0.163. The highest BCUT2D eigenvalue weighted by Gasteiger charge is 2.49. The molecule has 7 aromatic rings. The Balaban J connectivity index is 1.31. The van der Waals surface area contributed by atoms with Crippen LogP contribution in [0.2, 0.25) is 0 Å². The molecule has 0 bridgehead atoms. The second-order valence-corrected chi connectivity index (χ2v) is 26.7. The fraction of sp³-hybridized carbons (Fsp3) is 0.397. The summed E-state index contributed by atoms with van der Waals surface area (Å²) in [5.41, 5.74) is 23.6. The van der Waals surface area contributed by atoms with Crippen LogP contribution in [0.3, 0.4) is 0 Å². The lowest BCUT2D eigenvalue weighted by molar-refractivity contribution is 0.332. The van der Waals surface area contributed by atoms with Crippen molar-refractivity contribution in [3.63, 3.8) is 0 Å². The first-order valence-corrected chi connectivity index (χ1v) is 26.0. The maximum Gasteiger partial charge on any atom is 0.254 e. The molecule has 2 nitrogen and oxygen atoms in total. The molecule has 0 spiro atoms.